The maximum absolute atomic E-state index is 10.2. The Hall–Kier alpha value is -5.30. The molecule has 0 radical (unpaired) electrons. The zero-order valence-electron chi connectivity index (χ0n) is 19.8. The predicted octanol–water partition coefficient (Wildman–Crippen LogP) is 7.18. The molecule has 0 spiro atoms. The highest BCUT2D eigenvalue weighted by Gasteiger charge is 2.23. The number of para-hydroxylation sites is 1. The average Bonchev–Trinajstić information content (AvgIpc) is 2.93. The molecule has 0 saturated carbocycles. The molecule has 0 aliphatic heterocycles. The number of rotatable bonds is 8. The highest BCUT2D eigenvalue weighted by Crippen LogP contribution is 2.54. The number of benzene rings is 4. The van der Waals surface area contributed by atoms with Gasteiger partial charge in [0.15, 0.2) is 11.5 Å². The van der Waals surface area contributed by atoms with Gasteiger partial charge in [0.05, 0.1) is 0 Å². The van der Waals surface area contributed by atoms with Crippen molar-refractivity contribution in [3.05, 3.63) is 116 Å². The summed E-state index contributed by atoms with van der Waals surface area (Å²) < 4.78 is 0. The number of nitrogens with zero attached hydrogens (tertiary/aromatic N) is 1. The van der Waals surface area contributed by atoms with Crippen LogP contribution in [0.1, 0.15) is 5.56 Å². The molecule has 0 aromatic heterocycles. The number of hydrogen-bond acceptors (Lipinski definition) is 7. The van der Waals surface area contributed by atoms with Crippen molar-refractivity contribution in [1.29, 1.82) is 0 Å². The van der Waals surface area contributed by atoms with Crippen molar-refractivity contribution in [3.63, 3.8) is 0 Å². The van der Waals surface area contributed by atoms with E-state index in [0.717, 1.165) is 28.2 Å². The summed E-state index contributed by atoms with van der Waals surface area (Å²) in [6, 6.07) is 24.8. The number of anilines is 5. The molecule has 4 rings (SSSR count). The lowest BCUT2D eigenvalue weighted by molar-refractivity contribution is 0.330. The molecular weight excluding hydrogens is 468 g/mol. The summed E-state index contributed by atoms with van der Waals surface area (Å²) in [5, 5.41) is 52.7. The van der Waals surface area contributed by atoms with Crippen molar-refractivity contribution >= 4 is 34.0 Å². The molecule has 186 valence electrons. The molecule has 7 nitrogen and oxygen atoms in total. The van der Waals surface area contributed by atoms with Crippen LogP contribution < -0.4 is 10.2 Å². The van der Waals surface area contributed by atoms with Crippen LogP contribution in [0.3, 0.4) is 0 Å². The Balaban J connectivity index is 1.77. The van der Waals surface area contributed by atoms with E-state index < -0.39 is 28.7 Å². The zero-order valence-corrected chi connectivity index (χ0v) is 19.8. The summed E-state index contributed by atoms with van der Waals surface area (Å²) in [7, 11) is 0. The minimum Gasteiger partial charge on any atom is -0.503 e. The summed E-state index contributed by atoms with van der Waals surface area (Å²) in [4.78, 5) is 2.02. The first-order valence-electron chi connectivity index (χ1n) is 11.3. The fraction of sp³-hybridized carbons (Fsp3) is 0. The lowest BCUT2D eigenvalue weighted by Crippen LogP contribution is -2.10. The Morgan fingerprint density at radius 3 is 1.81 bits per heavy atom. The van der Waals surface area contributed by atoms with Gasteiger partial charge in [-0.2, -0.15) is 0 Å². The molecule has 0 unspecified atom stereocenters. The van der Waals surface area contributed by atoms with Crippen molar-refractivity contribution in [1.82, 2.24) is 0 Å². The van der Waals surface area contributed by atoms with Gasteiger partial charge in [-0.15, -0.1) is 0 Å². The van der Waals surface area contributed by atoms with Gasteiger partial charge in [0.2, 0.25) is 17.2 Å². The van der Waals surface area contributed by atoms with Gasteiger partial charge in [0.25, 0.3) is 0 Å². The molecule has 0 aliphatic carbocycles. The molecule has 0 fully saturated rings. The second-order valence-corrected chi connectivity index (χ2v) is 8.07. The monoisotopic (exact) mass is 494 g/mol. The molecule has 0 bridgehead atoms. The third-order valence-corrected chi connectivity index (χ3v) is 5.74. The Labute approximate surface area is 214 Å². The van der Waals surface area contributed by atoms with Crippen LogP contribution in [0.15, 0.2) is 110 Å². The van der Waals surface area contributed by atoms with Crippen molar-refractivity contribution in [3.8, 4) is 28.7 Å². The Morgan fingerprint density at radius 2 is 1.22 bits per heavy atom. The first kappa shape index (κ1) is 24.8. The van der Waals surface area contributed by atoms with Crippen molar-refractivity contribution in [2.24, 2.45) is 0 Å². The number of phenols is 5. The molecule has 0 heterocycles. The van der Waals surface area contributed by atoms with Gasteiger partial charge >= 0.3 is 0 Å². The molecule has 4 aromatic rings. The summed E-state index contributed by atoms with van der Waals surface area (Å²) in [5.41, 5.74) is 4.53. The third-order valence-electron chi connectivity index (χ3n) is 5.74. The van der Waals surface area contributed by atoms with E-state index in [-0.39, 0.29) is 5.69 Å². The first-order valence-corrected chi connectivity index (χ1v) is 11.3. The van der Waals surface area contributed by atoms with E-state index in [1.807, 2.05) is 71.6 Å². The number of phenolic OH excluding ortho intramolecular Hbond substituents is 5. The molecule has 6 N–H and O–H groups in total. The largest absolute Gasteiger partial charge is 0.503 e. The Bertz CT molecular complexity index is 1450. The number of aromatic hydroxyl groups is 5. The van der Waals surface area contributed by atoms with Crippen LogP contribution in [0.25, 0.3) is 5.57 Å². The standard InChI is InChI=1S/C30H26N2O5/c1-3-9-19(4-2)20-14-16-23(17-15-20)32(22-11-6-5-7-12-22)24-13-8-10-21(18-24)31-25-26(33)28(35)30(37)29(36)27(25)34/h3-18,31,33-37H,1-2H2/b19-9+. The van der Waals surface area contributed by atoms with Crippen LogP contribution in [0.5, 0.6) is 28.7 Å². The van der Waals surface area contributed by atoms with Crippen LogP contribution in [0, 0.1) is 0 Å². The van der Waals surface area contributed by atoms with Crippen molar-refractivity contribution in [2.45, 2.75) is 0 Å². The lowest BCUT2D eigenvalue weighted by Gasteiger charge is -2.26. The average molecular weight is 495 g/mol. The Kier molecular flexibility index (Phi) is 7.06. The molecule has 4 aromatic carbocycles. The van der Waals surface area contributed by atoms with Gasteiger partial charge in [-0.3, -0.25) is 0 Å². The maximum Gasteiger partial charge on any atom is 0.208 e. The smallest absolute Gasteiger partial charge is 0.208 e. The first-order chi connectivity index (χ1) is 17.8. The summed E-state index contributed by atoms with van der Waals surface area (Å²) in [5.74, 6) is -4.54. The van der Waals surface area contributed by atoms with E-state index in [9.17, 15) is 25.5 Å². The van der Waals surface area contributed by atoms with Gasteiger partial charge in [-0.05, 0) is 53.6 Å². The number of nitrogens with one attached hydrogen (secondary N) is 1. The Morgan fingerprint density at radius 1 is 0.649 bits per heavy atom. The zero-order chi connectivity index (χ0) is 26.5. The van der Waals surface area contributed by atoms with E-state index in [1.165, 1.54) is 0 Å². The summed E-state index contributed by atoms with van der Waals surface area (Å²) >= 11 is 0. The van der Waals surface area contributed by atoms with Crippen LogP contribution in [-0.2, 0) is 0 Å². The van der Waals surface area contributed by atoms with E-state index in [0.29, 0.717) is 5.69 Å². The quantitative estimate of drug-likeness (QED) is 0.0872. The number of allylic oxidation sites excluding steroid dienone is 4. The molecule has 0 aliphatic rings. The second-order valence-electron chi connectivity index (χ2n) is 8.07. The van der Waals surface area contributed by atoms with Gasteiger partial charge < -0.3 is 35.7 Å². The molecule has 0 amide bonds. The SMILES string of the molecule is C=C/C=C(\C=C)c1ccc(N(c2ccccc2)c2cccc(Nc3c(O)c(O)c(O)c(O)c3O)c2)cc1. The van der Waals surface area contributed by atoms with Gasteiger partial charge in [-0.1, -0.05) is 67.8 Å². The highest BCUT2D eigenvalue weighted by atomic mass is 16.4. The molecule has 37 heavy (non-hydrogen) atoms. The lowest BCUT2D eigenvalue weighted by atomic mass is 10.0. The van der Waals surface area contributed by atoms with E-state index in [1.54, 1.807) is 30.4 Å². The molecule has 0 atom stereocenters. The molecule has 7 heteroatoms. The fourth-order valence-corrected chi connectivity index (χ4v) is 3.91. The van der Waals surface area contributed by atoms with E-state index in [4.69, 9.17) is 0 Å². The highest BCUT2D eigenvalue weighted by molar-refractivity contribution is 5.85. The summed E-state index contributed by atoms with van der Waals surface area (Å²) in [6.07, 6.45) is 5.36. The minimum atomic E-state index is -1.02. The summed E-state index contributed by atoms with van der Waals surface area (Å²) in [6.45, 7) is 7.62. The molecule has 0 saturated heterocycles. The van der Waals surface area contributed by atoms with E-state index >= 15 is 0 Å². The van der Waals surface area contributed by atoms with Gasteiger partial charge in [0, 0.05) is 22.7 Å². The number of hydrogen-bond donors (Lipinski definition) is 6. The van der Waals surface area contributed by atoms with Crippen LogP contribution in [0.4, 0.5) is 28.4 Å². The van der Waals surface area contributed by atoms with Crippen LogP contribution in [-0.4, -0.2) is 25.5 Å². The van der Waals surface area contributed by atoms with Gasteiger partial charge in [-0.25, -0.2) is 0 Å². The van der Waals surface area contributed by atoms with Crippen LogP contribution in [0.2, 0.25) is 0 Å². The fourth-order valence-electron chi connectivity index (χ4n) is 3.91. The minimum absolute atomic E-state index is 0.355. The predicted molar refractivity (Wildman–Crippen MR) is 148 cm³/mol. The topological polar surface area (TPSA) is 116 Å². The van der Waals surface area contributed by atoms with Gasteiger partial charge in [0.1, 0.15) is 5.69 Å². The van der Waals surface area contributed by atoms with E-state index in [2.05, 4.69) is 18.5 Å². The van der Waals surface area contributed by atoms with Crippen molar-refractivity contribution in [2.75, 3.05) is 10.2 Å². The maximum atomic E-state index is 10.2. The normalized spacial score (nSPS) is 11.1. The third kappa shape index (κ3) is 4.92. The molecular formula is C30H26N2O5. The van der Waals surface area contributed by atoms with Crippen LogP contribution >= 0.6 is 0 Å². The second kappa shape index (κ2) is 10.5. The van der Waals surface area contributed by atoms with Crippen molar-refractivity contribution < 1.29 is 25.5 Å².